The van der Waals surface area contributed by atoms with Crippen molar-refractivity contribution >= 4 is 24.2 Å². The minimum atomic E-state index is -1.07. The number of ether oxygens (including phenoxy) is 6. The van der Waals surface area contributed by atoms with Crippen LogP contribution in [0.4, 0.5) is 9.59 Å². The third-order valence-electron chi connectivity index (χ3n) is 5.94. The number of hydrogen-bond acceptors (Lipinski definition) is 11. The molecule has 1 aromatic carbocycles. The molecule has 1 rings (SSSR count). The van der Waals surface area contributed by atoms with Crippen molar-refractivity contribution in [1.29, 1.82) is 0 Å². The summed E-state index contributed by atoms with van der Waals surface area (Å²) in [7, 11) is 0. The molecule has 0 heterocycles. The van der Waals surface area contributed by atoms with Crippen LogP contribution in [-0.2, 0) is 35.0 Å². The Kier molecular flexibility index (Phi) is 13.4. The van der Waals surface area contributed by atoms with E-state index in [0.717, 1.165) is 0 Å². The molecule has 1 aromatic rings. The maximum absolute atomic E-state index is 12.5. The zero-order valence-electron chi connectivity index (χ0n) is 25.2. The molecule has 2 atom stereocenters. The Hall–Kier alpha value is -3.34. The van der Waals surface area contributed by atoms with E-state index >= 15 is 0 Å². The maximum atomic E-state index is 12.5. The van der Waals surface area contributed by atoms with Gasteiger partial charge in [-0.3, -0.25) is 9.59 Å². The van der Waals surface area contributed by atoms with E-state index < -0.39 is 41.6 Å². The van der Waals surface area contributed by atoms with E-state index in [2.05, 4.69) is 0 Å². The SMILES string of the molecule is CCC(C)(C)OC(=O)Oc1ccc(C[C@H](N)C(=O)OC[C@H](C)OC(=O)CC(C)C)cc1OC(=O)OC(C)(C)CC. The van der Waals surface area contributed by atoms with E-state index in [-0.39, 0.29) is 42.8 Å². The molecular formula is C29H45NO10. The quantitative estimate of drug-likeness (QED) is 0.173. The van der Waals surface area contributed by atoms with Gasteiger partial charge >= 0.3 is 24.2 Å². The first-order valence-electron chi connectivity index (χ1n) is 13.5. The van der Waals surface area contributed by atoms with Gasteiger partial charge in [-0.25, -0.2) is 9.59 Å². The highest BCUT2D eigenvalue weighted by Gasteiger charge is 2.26. The predicted octanol–water partition coefficient (Wildman–Crippen LogP) is 5.49. The maximum Gasteiger partial charge on any atom is 0.514 e. The number of benzene rings is 1. The number of esters is 2. The van der Waals surface area contributed by atoms with Crippen molar-refractivity contribution in [2.24, 2.45) is 11.7 Å². The molecule has 11 heteroatoms. The third-order valence-corrected chi connectivity index (χ3v) is 5.94. The molecule has 11 nitrogen and oxygen atoms in total. The Balaban J connectivity index is 2.97. The lowest BCUT2D eigenvalue weighted by atomic mass is 10.1. The van der Waals surface area contributed by atoms with Crippen LogP contribution >= 0.6 is 0 Å². The molecule has 0 amide bonds. The fourth-order valence-corrected chi connectivity index (χ4v) is 2.94. The van der Waals surface area contributed by atoms with Gasteiger partial charge in [-0.15, -0.1) is 0 Å². The normalized spacial score (nSPS) is 13.2. The Labute approximate surface area is 236 Å². The first kappa shape index (κ1) is 34.7. The van der Waals surface area contributed by atoms with E-state index in [0.29, 0.717) is 18.4 Å². The molecule has 0 fully saturated rings. The number of rotatable bonds is 14. The molecule has 0 aliphatic heterocycles. The van der Waals surface area contributed by atoms with Gasteiger partial charge in [0, 0.05) is 6.42 Å². The van der Waals surface area contributed by atoms with Gasteiger partial charge in [0.15, 0.2) is 11.5 Å². The zero-order valence-corrected chi connectivity index (χ0v) is 25.2. The summed E-state index contributed by atoms with van der Waals surface area (Å²) in [5, 5.41) is 0. The predicted molar refractivity (Wildman–Crippen MR) is 147 cm³/mol. The molecule has 0 aromatic heterocycles. The van der Waals surface area contributed by atoms with Crippen molar-refractivity contribution in [2.45, 2.75) is 111 Å². The van der Waals surface area contributed by atoms with E-state index in [1.165, 1.54) is 12.1 Å². The van der Waals surface area contributed by atoms with Crippen molar-refractivity contribution in [1.82, 2.24) is 0 Å². The van der Waals surface area contributed by atoms with E-state index in [1.54, 1.807) is 40.7 Å². The Morgan fingerprint density at radius 1 is 0.850 bits per heavy atom. The second-order valence-electron chi connectivity index (χ2n) is 11.3. The monoisotopic (exact) mass is 567 g/mol. The second-order valence-corrected chi connectivity index (χ2v) is 11.3. The first-order valence-corrected chi connectivity index (χ1v) is 13.5. The van der Waals surface area contributed by atoms with Gasteiger partial charge in [0.2, 0.25) is 0 Å². The number of carbonyl (C=O) groups excluding carboxylic acids is 4. The number of nitrogens with two attached hydrogens (primary N) is 1. The summed E-state index contributed by atoms with van der Waals surface area (Å²) in [6.07, 6.45) is -1.24. The molecule has 0 bridgehead atoms. The molecule has 0 saturated heterocycles. The molecule has 0 aliphatic rings. The highest BCUT2D eigenvalue weighted by molar-refractivity contribution is 5.76. The Morgan fingerprint density at radius 2 is 1.38 bits per heavy atom. The highest BCUT2D eigenvalue weighted by atomic mass is 16.8. The smallest absolute Gasteiger partial charge is 0.461 e. The Bertz CT molecular complexity index is 1020. The van der Waals surface area contributed by atoms with Crippen LogP contribution in [0.5, 0.6) is 11.5 Å². The number of carbonyl (C=O) groups is 4. The van der Waals surface area contributed by atoms with Crippen molar-refractivity contribution in [3.05, 3.63) is 23.8 Å². The zero-order chi connectivity index (χ0) is 30.7. The van der Waals surface area contributed by atoms with Crippen LogP contribution in [0.2, 0.25) is 0 Å². The summed E-state index contributed by atoms with van der Waals surface area (Å²) < 4.78 is 31.8. The van der Waals surface area contributed by atoms with Gasteiger partial charge < -0.3 is 34.2 Å². The molecule has 0 unspecified atom stereocenters. The van der Waals surface area contributed by atoms with Crippen LogP contribution in [0.1, 0.15) is 87.1 Å². The molecular weight excluding hydrogens is 522 g/mol. The lowest BCUT2D eigenvalue weighted by Gasteiger charge is -2.24. The molecule has 0 spiro atoms. The van der Waals surface area contributed by atoms with Gasteiger partial charge in [0.25, 0.3) is 0 Å². The Morgan fingerprint density at radius 3 is 1.88 bits per heavy atom. The van der Waals surface area contributed by atoms with Gasteiger partial charge in [-0.1, -0.05) is 33.8 Å². The summed E-state index contributed by atoms with van der Waals surface area (Å²) in [6, 6.07) is 3.30. The molecule has 2 N–H and O–H groups in total. The minimum Gasteiger partial charge on any atom is -0.461 e. The number of hydrogen-bond donors (Lipinski definition) is 1. The van der Waals surface area contributed by atoms with Crippen LogP contribution in [0.15, 0.2) is 18.2 Å². The lowest BCUT2D eigenvalue weighted by Crippen LogP contribution is -2.36. The van der Waals surface area contributed by atoms with Crippen LogP contribution in [0.3, 0.4) is 0 Å². The van der Waals surface area contributed by atoms with Gasteiger partial charge in [-0.05, 0) is 77.5 Å². The standard InChI is InChI=1S/C29H45NO10/c1-10-28(6,7)39-26(33)37-22-13-12-20(16-23(22)38-27(34)40-29(8,9)11-2)15-21(30)25(32)35-17-19(5)36-24(31)14-18(3)4/h12-13,16,18-19,21H,10-11,14-15,17,30H2,1-9H3/t19-,21-/m0/s1. The lowest BCUT2D eigenvalue weighted by molar-refractivity contribution is -0.159. The van der Waals surface area contributed by atoms with Crippen molar-refractivity contribution < 1.29 is 47.6 Å². The van der Waals surface area contributed by atoms with Gasteiger partial charge in [0.05, 0.1) is 0 Å². The van der Waals surface area contributed by atoms with Crippen molar-refractivity contribution in [3.63, 3.8) is 0 Å². The summed E-state index contributed by atoms with van der Waals surface area (Å²) in [6.45, 7) is 15.9. The summed E-state index contributed by atoms with van der Waals surface area (Å²) in [5.41, 5.74) is 4.98. The summed E-state index contributed by atoms with van der Waals surface area (Å²) >= 11 is 0. The topological polar surface area (TPSA) is 150 Å². The molecule has 0 radical (unpaired) electrons. The molecule has 0 saturated carbocycles. The average molecular weight is 568 g/mol. The average Bonchev–Trinajstić information content (AvgIpc) is 2.82. The van der Waals surface area contributed by atoms with Gasteiger partial charge in [0.1, 0.15) is 30.0 Å². The fraction of sp³-hybridized carbons (Fsp3) is 0.655. The summed E-state index contributed by atoms with van der Waals surface area (Å²) in [5.74, 6) is -1.13. The van der Waals surface area contributed by atoms with Crippen LogP contribution in [0.25, 0.3) is 0 Å². The van der Waals surface area contributed by atoms with E-state index in [4.69, 9.17) is 34.2 Å². The molecule has 40 heavy (non-hydrogen) atoms. The van der Waals surface area contributed by atoms with Crippen molar-refractivity contribution in [3.8, 4) is 11.5 Å². The first-order chi connectivity index (χ1) is 18.5. The van der Waals surface area contributed by atoms with E-state index in [1.807, 2.05) is 27.7 Å². The largest absolute Gasteiger partial charge is 0.514 e. The van der Waals surface area contributed by atoms with E-state index in [9.17, 15) is 19.2 Å². The minimum absolute atomic E-state index is 0.0137. The van der Waals surface area contributed by atoms with Gasteiger partial charge in [-0.2, -0.15) is 0 Å². The van der Waals surface area contributed by atoms with Crippen LogP contribution < -0.4 is 15.2 Å². The fourth-order valence-electron chi connectivity index (χ4n) is 2.94. The molecule has 0 aliphatic carbocycles. The molecule has 226 valence electrons. The second kappa shape index (κ2) is 15.4. The summed E-state index contributed by atoms with van der Waals surface area (Å²) in [4.78, 5) is 49.1. The van der Waals surface area contributed by atoms with Crippen LogP contribution in [-0.4, -0.2) is 54.2 Å². The van der Waals surface area contributed by atoms with Crippen molar-refractivity contribution in [2.75, 3.05) is 6.61 Å². The third kappa shape index (κ3) is 13.1. The highest BCUT2D eigenvalue weighted by Crippen LogP contribution is 2.31. The van der Waals surface area contributed by atoms with Crippen LogP contribution in [0, 0.1) is 5.92 Å².